The van der Waals surface area contributed by atoms with Crippen LogP contribution in [-0.2, 0) is 4.74 Å². The minimum Gasteiger partial charge on any atom is -0.377 e. The quantitative estimate of drug-likeness (QED) is 0.791. The molecule has 0 bridgehead atoms. The minimum absolute atomic E-state index is 0.0253. The molecule has 1 aliphatic carbocycles. The summed E-state index contributed by atoms with van der Waals surface area (Å²) in [5.41, 5.74) is 0. The van der Waals surface area contributed by atoms with Gasteiger partial charge in [-0.3, -0.25) is 0 Å². The zero-order valence-corrected chi connectivity index (χ0v) is 10.4. The minimum atomic E-state index is -2.44. The molecule has 0 spiro atoms. The molecule has 4 heteroatoms. The zero-order valence-electron chi connectivity index (χ0n) is 10.4. The second-order valence-electron chi connectivity index (χ2n) is 4.97. The van der Waals surface area contributed by atoms with Gasteiger partial charge in [0.2, 0.25) is 5.92 Å². The second-order valence-corrected chi connectivity index (χ2v) is 4.97. The first kappa shape index (κ1) is 13.8. The standard InChI is InChI=1S/C12H23F2NO/c1-9(2)16-8-11(15-3)10-4-6-12(13,14)7-5-10/h9-11,15H,4-8H2,1-3H3. The fourth-order valence-corrected chi connectivity index (χ4v) is 2.22. The van der Waals surface area contributed by atoms with Crippen molar-refractivity contribution in [3.05, 3.63) is 0 Å². The van der Waals surface area contributed by atoms with Crippen molar-refractivity contribution in [1.82, 2.24) is 5.32 Å². The number of alkyl halides is 2. The molecule has 16 heavy (non-hydrogen) atoms. The Morgan fingerprint density at radius 2 is 1.88 bits per heavy atom. The van der Waals surface area contributed by atoms with Crippen LogP contribution in [0.3, 0.4) is 0 Å². The predicted molar refractivity (Wildman–Crippen MR) is 60.8 cm³/mol. The molecular weight excluding hydrogens is 212 g/mol. The average molecular weight is 235 g/mol. The molecule has 1 rings (SSSR count). The third-order valence-corrected chi connectivity index (χ3v) is 3.31. The molecule has 0 aromatic carbocycles. The number of ether oxygens (including phenoxy) is 1. The van der Waals surface area contributed by atoms with Gasteiger partial charge >= 0.3 is 0 Å². The SMILES string of the molecule is CNC(COC(C)C)C1CCC(F)(F)CC1. The highest BCUT2D eigenvalue weighted by Crippen LogP contribution is 2.37. The first-order chi connectivity index (χ1) is 7.44. The first-order valence-corrected chi connectivity index (χ1v) is 6.11. The lowest BCUT2D eigenvalue weighted by atomic mass is 9.82. The lowest BCUT2D eigenvalue weighted by molar-refractivity contribution is -0.0550. The molecule has 0 radical (unpaired) electrons. The van der Waals surface area contributed by atoms with Crippen molar-refractivity contribution in [2.75, 3.05) is 13.7 Å². The van der Waals surface area contributed by atoms with Crippen molar-refractivity contribution in [3.63, 3.8) is 0 Å². The molecule has 0 aromatic rings. The van der Waals surface area contributed by atoms with E-state index in [9.17, 15) is 8.78 Å². The van der Waals surface area contributed by atoms with Gasteiger partial charge in [0.15, 0.2) is 0 Å². The number of rotatable bonds is 5. The second kappa shape index (κ2) is 5.92. The maximum absolute atomic E-state index is 13.0. The molecule has 1 saturated carbocycles. The van der Waals surface area contributed by atoms with Gasteiger partial charge in [-0.15, -0.1) is 0 Å². The highest BCUT2D eigenvalue weighted by atomic mass is 19.3. The lowest BCUT2D eigenvalue weighted by Crippen LogP contribution is -2.41. The summed E-state index contributed by atoms with van der Waals surface area (Å²) in [6.45, 7) is 4.59. The Bertz CT molecular complexity index is 196. The van der Waals surface area contributed by atoms with Gasteiger partial charge in [-0.25, -0.2) is 8.78 Å². The molecule has 1 N–H and O–H groups in total. The Labute approximate surface area is 96.7 Å². The first-order valence-electron chi connectivity index (χ1n) is 6.11. The van der Waals surface area contributed by atoms with E-state index in [4.69, 9.17) is 4.74 Å². The van der Waals surface area contributed by atoms with Crippen molar-refractivity contribution in [1.29, 1.82) is 0 Å². The number of halogens is 2. The van der Waals surface area contributed by atoms with Gasteiger partial charge in [0.25, 0.3) is 0 Å². The summed E-state index contributed by atoms with van der Waals surface area (Å²) in [7, 11) is 1.88. The summed E-state index contributed by atoms with van der Waals surface area (Å²) in [6.07, 6.45) is 1.44. The lowest BCUT2D eigenvalue weighted by Gasteiger charge is -2.33. The molecule has 0 heterocycles. The maximum atomic E-state index is 13.0. The van der Waals surface area contributed by atoms with Crippen LogP contribution in [0.4, 0.5) is 8.78 Å². The van der Waals surface area contributed by atoms with E-state index < -0.39 is 5.92 Å². The van der Waals surface area contributed by atoms with Crippen LogP contribution in [0.25, 0.3) is 0 Å². The van der Waals surface area contributed by atoms with E-state index in [0.29, 0.717) is 25.4 Å². The fraction of sp³-hybridized carbons (Fsp3) is 1.00. The average Bonchev–Trinajstić information content (AvgIpc) is 2.20. The molecule has 1 unspecified atom stereocenters. The summed E-state index contributed by atoms with van der Waals surface area (Å²) >= 11 is 0. The molecule has 0 amide bonds. The molecule has 0 aliphatic heterocycles. The van der Waals surface area contributed by atoms with Crippen molar-refractivity contribution in [2.45, 2.75) is 57.6 Å². The Morgan fingerprint density at radius 1 is 1.31 bits per heavy atom. The van der Waals surface area contributed by atoms with Crippen molar-refractivity contribution < 1.29 is 13.5 Å². The van der Waals surface area contributed by atoms with Gasteiger partial charge in [0.05, 0.1) is 12.7 Å². The van der Waals surface area contributed by atoms with Crippen molar-refractivity contribution in [2.24, 2.45) is 5.92 Å². The molecule has 1 aliphatic rings. The van der Waals surface area contributed by atoms with E-state index in [1.54, 1.807) is 0 Å². The molecule has 0 saturated heterocycles. The van der Waals surface area contributed by atoms with Crippen LogP contribution in [0.15, 0.2) is 0 Å². The van der Waals surface area contributed by atoms with Gasteiger partial charge in [0.1, 0.15) is 0 Å². The van der Waals surface area contributed by atoms with Gasteiger partial charge < -0.3 is 10.1 Å². The van der Waals surface area contributed by atoms with Crippen LogP contribution in [0.5, 0.6) is 0 Å². The molecule has 1 atom stereocenters. The topological polar surface area (TPSA) is 21.3 Å². The molecule has 1 fully saturated rings. The Balaban J connectivity index is 2.37. The largest absolute Gasteiger partial charge is 0.377 e. The predicted octanol–water partition coefficient (Wildman–Crippen LogP) is 2.82. The van der Waals surface area contributed by atoms with Crippen LogP contribution in [-0.4, -0.2) is 31.7 Å². The van der Waals surface area contributed by atoms with Crippen LogP contribution in [0, 0.1) is 5.92 Å². The highest BCUT2D eigenvalue weighted by molar-refractivity contribution is 4.84. The third-order valence-electron chi connectivity index (χ3n) is 3.31. The molecular formula is C12H23F2NO. The van der Waals surface area contributed by atoms with Gasteiger partial charge in [-0.2, -0.15) is 0 Å². The molecule has 2 nitrogen and oxygen atoms in total. The van der Waals surface area contributed by atoms with Crippen LogP contribution >= 0.6 is 0 Å². The van der Waals surface area contributed by atoms with E-state index in [2.05, 4.69) is 5.32 Å². The number of hydrogen-bond acceptors (Lipinski definition) is 2. The smallest absolute Gasteiger partial charge is 0.248 e. The van der Waals surface area contributed by atoms with E-state index in [0.717, 1.165) is 0 Å². The maximum Gasteiger partial charge on any atom is 0.248 e. The van der Waals surface area contributed by atoms with Crippen LogP contribution < -0.4 is 5.32 Å². The zero-order chi connectivity index (χ0) is 12.2. The normalized spacial score (nSPS) is 23.6. The van der Waals surface area contributed by atoms with Crippen LogP contribution in [0.2, 0.25) is 0 Å². The fourth-order valence-electron chi connectivity index (χ4n) is 2.22. The summed E-state index contributed by atoms with van der Waals surface area (Å²) in [5, 5.41) is 3.18. The van der Waals surface area contributed by atoms with Gasteiger partial charge in [-0.05, 0) is 39.7 Å². The van der Waals surface area contributed by atoms with Crippen molar-refractivity contribution >= 4 is 0 Å². The van der Waals surface area contributed by atoms with E-state index in [1.807, 2.05) is 20.9 Å². The van der Waals surface area contributed by atoms with Crippen molar-refractivity contribution in [3.8, 4) is 0 Å². The molecule has 0 aromatic heterocycles. The highest BCUT2D eigenvalue weighted by Gasteiger charge is 2.37. The summed E-state index contributed by atoms with van der Waals surface area (Å²) in [4.78, 5) is 0. The Hall–Kier alpha value is -0.220. The monoisotopic (exact) mass is 235 g/mol. The van der Waals surface area contributed by atoms with Gasteiger partial charge in [0, 0.05) is 18.9 Å². The third kappa shape index (κ3) is 4.34. The van der Waals surface area contributed by atoms with Gasteiger partial charge in [-0.1, -0.05) is 0 Å². The Kier molecular flexibility index (Phi) is 5.12. The summed E-state index contributed by atoms with van der Waals surface area (Å²) in [5.74, 6) is -2.11. The molecule has 96 valence electrons. The van der Waals surface area contributed by atoms with E-state index in [1.165, 1.54) is 0 Å². The number of nitrogens with one attached hydrogen (secondary N) is 1. The van der Waals surface area contributed by atoms with E-state index in [-0.39, 0.29) is 25.0 Å². The van der Waals surface area contributed by atoms with Crippen LogP contribution in [0.1, 0.15) is 39.5 Å². The number of likely N-dealkylation sites (N-methyl/N-ethyl adjacent to an activating group) is 1. The number of hydrogen-bond donors (Lipinski definition) is 1. The summed E-state index contributed by atoms with van der Waals surface area (Å²) in [6, 6.07) is 0.207. The summed E-state index contributed by atoms with van der Waals surface area (Å²) < 4.78 is 31.6. The van der Waals surface area contributed by atoms with E-state index >= 15 is 0 Å². The Morgan fingerprint density at radius 3 is 2.31 bits per heavy atom.